The second-order valence-electron chi connectivity index (χ2n) is 7.47. The predicted octanol–water partition coefficient (Wildman–Crippen LogP) is 2.47. The quantitative estimate of drug-likeness (QED) is 0.487. The van der Waals surface area contributed by atoms with Gasteiger partial charge in [0.2, 0.25) is 5.91 Å². The minimum atomic E-state index is -0.567. The molecule has 1 aliphatic heterocycles. The lowest BCUT2D eigenvalue weighted by Gasteiger charge is -2.14. The van der Waals surface area contributed by atoms with Crippen LogP contribution in [0.25, 0.3) is 11.0 Å². The van der Waals surface area contributed by atoms with Gasteiger partial charge in [0.05, 0.1) is 25.3 Å². The Balaban J connectivity index is 1.47. The normalized spacial score (nSPS) is 13.0. The van der Waals surface area contributed by atoms with E-state index < -0.39 is 17.2 Å². The maximum absolute atomic E-state index is 13.2. The summed E-state index contributed by atoms with van der Waals surface area (Å²) in [6.45, 7) is 0.945. The molecular weight excluding hydrogens is 444 g/mol. The second kappa shape index (κ2) is 8.91. The summed E-state index contributed by atoms with van der Waals surface area (Å²) in [5, 5.41) is 4.67. The van der Waals surface area contributed by atoms with Crippen LogP contribution in [-0.2, 0) is 17.9 Å². The lowest BCUT2D eigenvalue weighted by molar-refractivity contribution is -0.116. The van der Waals surface area contributed by atoms with Gasteiger partial charge in [0.15, 0.2) is 17.0 Å². The van der Waals surface area contributed by atoms with E-state index in [9.17, 15) is 14.4 Å². The van der Waals surface area contributed by atoms with Crippen LogP contribution in [0, 0.1) is 0 Å². The Hall–Kier alpha value is -3.92. The molecule has 0 saturated carbocycles. The molecular formula is C23H20N4O5S. The lowest BCUT2D eigenvalue weighted by Crippen LogP contribution is -2.42. The number of anilines is 1. The Morgan fingerprint density at radius 1 is 1.06 bits per heavy atom. The first-order valence-electron chi connectivity index (χ1n) is 10.4. The molecule has 0 fully saturated rings. The molecule has 0 atom stereocenters. The summed E-state index contributed by atoms with van der Waals surface area (Å²) in [6.07, 6.45) is 2.27. The van der Waals surface area contributed by atoms with Gasteiger partial charge in [-0.2, -0.15) is 0 Å². The van der Waals surface area contributed by atoms with Crippen molar-refractivity contribution in [1.82, 2.24) is 14.1 Å². The number of rotatable bonds is 5. The second-order valence-corrected chi connectivity index (χ2v) is 8.50. The fraction of sp³-hybridized carbons (Fsp3) is 0.217. The van der Waals surface area contributed by atoms with E-state index >= 15 is 0 Å². The number of ether oxygens (including phenoxy) is 2. The molecule has 0 bridgehead atoms. The van der Waals surface area contributed by atoms with Gasteiger partial charge in [-0.1, -0.05) is 6.07 Å². The van der Waals surface area contributed by atoms with Gasteiger partial charge in [-0.3, -0.25) is 18.7 Å². The zero-order chi connectivity index (χ0) is 22.8. The number of aromatic nitrogens is 3. The standard InChI is InChI=1S/C23H20N4O5S/c28-20(25-15-6-7-18-19(12-15)32-10-3-9-31-18)14-26-17-5-1-8-24-21(17)22(29)27(23(26)30)13-16-4-2-11-33-16/h1-2,4-8,11-12H,3,9-10,13-14H2,(H,25,28). The van der Waals surface area contributed by atoms with Crippen LogP contribution in [0.2, 0.25) is 0 Å². The maximum Gasteiger partial charge on any atom is 0.332 e. The Kier molecular flexibility index (Phi) is 5.66. The van der Waals surface area contributed by atoms with Gasteiger partial charge >= 0.3 is 5.69 Å². The molecule has 1 aromatic carbocycles. The molecule has 168 valence electrons. The molecule has 0 saturated heterocycles. The minimum Gasteiger partial charge on any atom is -0.490 e. The van der Waals surface area contributed by atoms with Crippen LogP contribution >= 0.6 is 11.3 Å². The van der Waals surface area contributed by atoms with E-state index in [0.717, 1.165) is 15.9 Å². The molecule has 4 heterocycles. The largest absolute Gasteiger partial charge is 0.490 e. The number of carbonyl (C=O) groups excluding carboxylic acids is 1. The van der Waals surface area contributed by atoms with Crippen LogP contribution in [-0.4, -0.2) is 33.2 Å². The highest BCUT2D eigenvalue weighted by Crippen LogP contribution is 2.32. The van der Waals surface area contributed by atoms with Crippen LogP contribution in [0.5, 0.6) is 11.5 Å². The Bertz CT molecular complexity index is 1440. The van der Waals surface area contributed by atoms with Crippen molar-refractivity contribution in [3.05, 3.63) is 79.8 Å². The van der Waals surface area contributed by atoms with E-state index in [1.165, 1.54) is 22.1 Å². The summed E-state index contributed by atoms with van der Waals surface area (Å²) in [5.74, 6) is 0.763. The maximum atomic E-state index is 13.2. The van der Waals surface area contributed by atoms with Gasteiger partial charge in [-0.15, -0.1) is 11.3 Å². The van der Waals surface area contributed by atoms with Crippen molar-refractivity contribution in [3.63, 3.8) is 0 Å². The van der Waals surface area contributed by atoms with E-state index in [-0.39, 0.29) is 18.6 Å². The molecule has 1 aliphatic rings. The molecule has 4 aromatic rings. The summed E-state index contributed by atoms with van der Waals surface area (Å²) in [6, 6.07) is 12.1. The molecule has 10 heteroatoms. The van der Waals surface area contributed by atoms with E-state index in [0.29, 0.717) is 35.9 Å². The molecule has 1 N–H and O–H groups in total. The highest BCUT2D eigenvalue weighted by molar-refractivity contribution is 7.09. The molecule has 3 aromatic heterocycles. The lowest BCUT2D eigenvalue weighted by atomic mass is 10.2. The molecule has 0 spiro atoms. The summed E-state index contributed by atoms with van der Waals surface area (Å²) >= 11 is 1.45. The van der Waals surface area contributed by atoms with Crippen molar-refractivity contribution in [1.29, 1.82) is 0 Å². The van der Waals surface area contributed by atoms with E-state index in [1.54, 1.807) is 30.3 Å². The predicted molar refractivity (Wildman–Crippen MR) is 124 cm³/mol. The fourth-order valence-corrected chi connectivity index (χ4v) is 4.37. The van der Waals surface area contributed by atoms with Crippen molar-refractivity contribution < 1.29 is 14.3 Å². The Labute approximate surface area is 191 Å². The third-order valence-corrected chi connectivity index (χ3v) is 6.07. The van der Waals surface area contributed by atoms with Crippen molar-refractivity contribution in [2.45, 2.75) is 19.5 Å². The molecule has 5 rings (SSSR count). The molecule has 1 amide bonds. The van der Waals surface area contributed by atoms with Crippen LogP contribution in [0.1, 0.15) is 11.3 Å². The van der Waals surface area contributed by atoms with Gasteiger partial charge in [-0.05, 0) is 35.7 Å². The average Bonchev–Trinajstić information content (AvgIpc) is 3.23. The number of amides is 1. The van der Waals surface area contributed by atoms with Crippen LogP contribution in [0.3, 0.4) is 0 Å². The number of thiophene rings is 1. The van der Waals surface area contributed by atoms with Gasteiger partial charge < -0.3 is 14.8 Å². The van der Waals surface area contributed by atoms with Crippen molar-refractivity contribution >= 4 is 34.0 Å². The SMILES string of the molecule is O=C(Cn1c(=O)n(Cc2cccs2)c(=O)c2ncccc21)Nc1ccc2c(c1)OCCCO2. The number of nitrogens with zero attached hydrogens (tertiary/aromatic N) is 3. The summed E-state index contributed by atoms with van der Waals surface area (Å²) in [7, 11) is 0. The topological polar surface area (TPSA) is 104 Å². The Morgan fingerprint density at radius 3 is 2.73 bits per heavy atom. The number of nitrogens with one attached hydrogen (secondary N) is 1. The van der Waals surface area contributed by atoms with Crippen LogP contribution in [0.15, 0.2) is 63.6 Å². The molecule has 33 heavy (non-hydrogen) atoms. The summed E-state index contributed by atoms with van der Waals surface area (Å²) in [5.41, 5.74) is -0.0846. The van der Waals surface area contributed by atoms with Crippen LogP contribution in [0.4, 0.5) is 5.69 Å². The van der Waals surface area contributed by atoms with E-state index in [4.69, 9.17) is 9.47 Å². The summed E-state index contributed by atoms with van der Waals surface area (Å²) < 4.78 is 13.7. The first-order valence-corrected chi connectivity index (χ1v) is 11.3. The van der Waals surface area contributed by atoms with E-state index in [1.807, 2.05) is 17.5 Å². The Morgan fingerprint density at radius 2 is 1.91 bits per heavy atom. The highest BCUT2D eigenvalue weighted by atomic mass is 32.1. The van der Waals surface area contributed by atoms with Crippen LogP contribution < -0.4 is 26.0 Å². The zero-order valence-electron chi connectivity index (χ0n) is 17.5. The average molecular weight is 465 g/mol. The van der Waals surface area contributed by atoms with Gasteiger partial charge in [-0.25, -0.2) is 9.78 Å². The highest BCUT2D eigenvalue weighted by Gasteiger charge is 2.18. The molecule has 0 aliphatic carbocycles. The molecule has 0 radical (unpaired) electrons. The van der Waals surface area contributed by atoms with Crippen molar-refractivity contribution in [3.8, 4) is 11.5 Å². The smallest absolute Gasteiger partial charge is 0.332 e. The number of hydrogen-bond donors (Lipinski definition) is 1. The number of carbonyl (C=O) groups is 1. The monoisotopic (exact) mass is 464 g/mol. The number of fused-ring (bicyclic) bond motifs is 2. The third kappa shape index (κ3) is 4.24. The molecule has 0 unspecified atom stereocenters. The first-order chi connectivity index (χ1) is 16.1. The minimum absolute atomic E-state index is 0.117. The van der Waals surface area contributed by atoms with E-state index in [2.05, 4.69) is 10.3 Å². The van der Waals surface area contributed by atoms with Gasteiger partial charge in [0.1, 0.15) is 6.54 Å². The number of pyridine rings is 1. The first kappa shape index (κ1) is 21.0. The van der Waals surface area contributed by atoms with Crippen molar-refractivity contribution in [2.24, 2.45) is 0 Å². The summed E-state index contributed by atoms with van der Waals surface area (Å²) in [4.78, 5) is 44.1. The number of hydrogen-bond acceptors (Lipinski definition) is 7. The van der Waals surface area contributed by atoms with Gasteiger partial charge in [0, 0.05) is 29.2 Å². The third-order valence-electron chi connectivity index (χ3n) is 5.21. The number of benzene rings is 1. The van der Waals surface area contributed by atoms with Gasteiger partial charge in [0.25, 0.3) is 5.56 Å². The zero-order valence-corrected chi connectivity index (χ0v) is 18.3. The fourth-order valence-electron chi connectivity index (χ4n) is 3.68. The van der Waals surface area contributed by atoms with Crippen molar-refractivity contribution in [2.75, 3.05) is 18.5 Å². The molecule has 9 nitrogen and oxygen atoms in total.